The van der Waals surface area contributed by atoms with Gasteiger partial charge in [0.25, 0.3) is 0 Å². The summed E-state index contributed by atoms with van der Waals surface area (Å²) in [5.74, 6) is 0.319. The Morgan fingerprint density at radius 2 is 0.737 bits per heavy atom. The van der Waals surface area contributed by atoms with E-state index in [0.717, 1.165) is 34.1 Å². The van der Waals surface area contributed by atoms with Crippen molar-refractivity contribution in [1.29, 1.82) is 0 Å². The van der Waals surface area contributed by atoms with E-state index in [1.165, 1.54) is 44.2 Å². The van der Waals surface area contributed by atoms with E-state index in [-0.39, 0.29) is 5.41 Å². The number of fused-ring (bicyclic) bond motifs is 1. The van der Waals surface area contributed by atoms with Crippen molar-refractivity contribution in [2.45, 2.75) is 40.5 Å². The highest BCUT2D eigenvalue weighted by molar-refractivity contribution is 5.90. The van der Waals surface area contributed by atoms with Crippen molar-refractivity contribution in [2.24, 2.45) is 5.41 Å². The first kappa shape index (κ1) is 37.3. The van der Waals surface area contributed by atoms with Crippen molar-refractivity contribution < 1.29 is 0 Å². The monoisotopic (exact) mass is 738 g/mol. The number of nitrogens with zero attached hydrogens (tertiary/aromatic N) is 2. The van der Waals surface area contributed by atoms with Crippen LogP contribution in [-0.2, 0) is 0 Å². The molecule has 0 aliphatic heterocycles. The van der Waals surface area contributed by atoms with Crippen molar-refractivity contribution >= 4 is 44.9 Å². The zero-order valence-corrected chi connectivity index (χ0v) is 33.6. The second-order valence-corrected chi connectivity index (χ2v) is 16.2. The predicted molar refractivity (Wildman–Crippen MR) is 246 cm³/mol. The van der Waals surface area contributed by atoms with Crippen molar-refractivity contribution in [3.63, 3.8) is 0 Å². The lowest BCUT2D eigenvalue weighted by Crippen LogP contribution is -2.17. The van der Waals surface area contributed by atoms with Gasteiger partial charge in [-0.2, -0.15) is 0 Å². The Morgan fingerprint density at radius 3 is 1.18 bits per heavy atom. The van der Waals surface area contributed by atoms with Gasteiger partial charge in [-0.1, -0.05) is 160 Å². The van der Waals surface area contributed by atoms with Gasteiger partial charge in [-0.25, -0.2) is 0 Å². The van der Waals surface area contributed by atoms with Crippen LogP contribution in [0.3, 0.4) is 0 Å². The molecule has 2 nitrogen and oxygen atoms in total. The van der Waals surface area contributed by atoms with Gasteiger partial charge in [0.15, 0.2) is 0 Å². The molecule has 1 atom stereocenters. The van der Waals surface area contributed by atoms with Crippen LogP contribution in [0.1, 0.15) is 46.1 Å². The summed E-state index contributed by atoms with van der Waals surface area (Å²) in [5, 5.41) is 2.45. The third-order valence-corrected chi connectivity index (χ3v) is 10.8. The molecule has 8 aromatic carbocycles. The second kappa shape index (κ2) is 16.2. The quantitative estimate of drug-likeness (QED) is 0.129. The minimum Gasteiger partial charge on any atom is -0.311 e. The molecule has 0 aromatic heterocycles. The molecule has 0 radical (unpaired) electrons. The second-order valence-electron chi connectivity index (χ2n) is 16.2. The van der Waals surface area contributed by atoms with Gasteiger partial charge in [0.1, 0.15) is 0 Å². The topological polar surface area (TPSA) is 6.48 Å². The van der Waals surface area contributed by atoms with E-state index < -0.39 is 0 Å². The minimum atomic E-state index is 0.0995. The fraction of sp³-hybridized carbons (Fsp3) is 0.127. The summed E-state index contributed by atoms with van der Waals surface area (Å²) in [6, 6.07) is 72.5. The van der Waals surface area contributed by atoms with Crippen LogP contribution < -0.4 is 9.80 Å². The third kappa shape index (κ3) is 8.32. The molecular weight excluding hydrogens is 689 g/mol. The smallest absolute Gasteiger partial charge is 0.0468 e. The molecule has 8 rings (SSSR count). The third-order valence-electron chi connectivity index (χ3n) is 10.8. The first-order valence-corrected chi connectivity index (χ1v) is 20.0. The predicted octanol–water partition coefficient (Wildman–Crippen LogP) is 16.2. The number of hydrogen-bond acceptors (Lipinski definition) is 2. The number of benzene rings is 8. The molecule has 0 saturated carbocycles. The van der Waals surface area contributed by atoms with Crippen LogP contribution in [-0.4, -0.2) is 0 Å². The van der Waals surface area contributed by atoms with E-state index in [2.05, 4.69) is 251 Å². The number of allylic oxidation sites excluding steroid dienone is 2. The highest BCUT2D eigenvalue weighted by atomic mass is 15.2. The number of rotatable bonds is 10. The Labute approximate surface area is 339 Å². The lowest BCUT2D eigenvalue weighted by Gasteiger charge is -2.31. The summed E-state index contributed by atoms with van der Waals surface area (Å²) in [4.78, 5) is 4.72. The van der Waals surface area contributed by atoms with Gasteiger partial charge in [-0.15, -0.1) is 0 Å². The minimum absolute atomic E-state index is 0.0995. The highest BCUT2D eigenvalue weighted by Gasteiger charge is 2.25. The molecule has 0 bridgehead atoms. The summed E-state index contributed by atoms with van der Waals surface area (Å²) in [7, 11) is 0. The average molecular weight is 739 g/mol. The van der Waals surface area contributed by atoms with Crippen LogP contribution in [0.4, 0.5) is 34.1 Å². The maximum absolute atomic E-state index is 2.41. The Kier molecular flexibility index (Phi) is 10.6. The standard InChI is InChI=1S/C55H50N2/c1-40(2)38-54(55(3,4)5)46-25-31-50(32-26-46)57(53-33-24-43-18-12-13-19-47(43)39-53)52-36-34-51(35-37-52)56(48-27-20-44(21-28-48)41-14-8-6-9-15-41)49-29-22-45(23-30-49)42-16-10-7-11-17-42/h6-39,54H,1-5H3. The largest absolute Gasteiger partial charge is 0.311 e. The van der Waals surface area contributed by atoms with Gasteiger partial charge in [-0.3, -0.25) is 0 Å². The average Bonchev–Trinajstić information content (AvgIpc) is 3.24. The van der Waals surface area contributed by atoms with Gasteiger partial charge in [-0.05, 0) is 131 Å². The first-order chi connectivity index (χ1) is 27.7. The number of anilines is 6. The molecule has 0 heterocycles. The van der Waals surface area contributed by atoms with Gasteiger partial charge < -0.3 is 9.80 Å². The first-order valence-electron chi connectivity index (χ1n) is 20.0. The van der Waals surface area contributed by atoms with E-state index in [0.29, 0.717) is 5.92 Å². The molecule has 8 aromatic rings. The van der Waals surface area contributed by atoms with Gasteiger partial charge >= 0.3 is 0 Å². The molecule has 280 valence electrons. The molecule has 0 N–H and O–H groups in total. The molecule has 0 fully saturated rings. The zero-order chi connectivity index (χ0) is 39.4. The van der Waals surface area contributed by atoms with E-state index in [1.807, 2.05) is 0 Å². The summed E-state index contributed by atoms with van der Waals surface area (Å²) >= 11 is 0. The van der Waals surface area contributed by atoms with Crippen LogP contribution in [0.2, 0.25) is 0 Å². The molecule has 2 heteroatoms. The Balaban J connectivity index is 1.20. The lowest BCUT2D eigenvalue weighted by atomic mass is 9.75. The summed E-state index contributed by atoms with van der Waals surface area (Å²) in [6.45, 7) is 11.4. The fourth-order valence-corrected chi connectivity index (χ4v) is 7.84. The molecule has 0 spiro atoms. The van der Waals surface area contributed by atoms with E-state index in [9.17, 15) is 0 Å². The molecule has 0 aliphatic carbocycles. The van der Waals surface area contributed by atoms with Crippen LogP contribution >= 0.6 is 0 Å². The van der Waals surface area contributed by atoms with Crippen molar-refractivity contribution in [2.75, 3.05) is 9.80 Å². The van der Waals surface area contributed by atoms with Gasteiger partial charge in [0.05, 0.1) is 0 Å². The van der Waals surface area contributed by atoms with Crippen molar-refractivity contribution in [3.8, 4) is 22.3 Å². The Morgan fingerprint density at radius 1 is 0.386 bits per heavy atom. The van der Waals surface area contributed by atoms with Crippen LogP contribution in [0.15, 0.2) is 212 Å². The van der Waals surface area contributed by atoms with Crippen LogP contribution in [0.5, 0.6) is 0 Å². The number of hydrogen-bond donors (Lipinski definition) is 0. The Hall–Kier alpha value is -6.64. The molecule has 57 heavy (non-hydrogen) atoms. The maximum Gasteiger partial charge on any atom is 0.0468 e. The van der Waals surface area contributed by atoms with E-state index >= 15 is 0 Å². The molecule has 0 aliphatic rings. The maximum atomic E-state index is 2.41. The Bertz CT molecular complexity index is 2490. The molecular formula is C55H50N2. The van der Waals surface area contributed by atoms with Gasteiger partial charge in [0, 0.05) is 40.0 Å². The summed E-state index contributed by atoms with van der Waals surface area (Å²) < 4.78 is 0. The van der Waals surface area contributed by atoms with Crippen molar-refractivity contribution in [1.82, 2.24) is 0 Å². The fourth-order valence-electron chi connectivity index (χ4n) is 7.84. The summed E-state index contributed by atoms with van der Waals surface area (Å²) in [6.07, 6.45) is 2.41. The highest BCUT2D eigenvalue weighted by Crippen LogP contribution is 2.42. The van der Waals surface area contributed by atoms with E-state index in [4.69, 9.17) is 0 Å². The zero-order valence-electron chi connectivity index (χ0n) is 33.6. The van der Waals surface area contributed by atoms with Crippen LogP contribution in [0, 0.1) is 5.41 Å². The SMILES string of the molecule is CC(C)=CC(c1ccc(N(c2ccc(N(c3ccc(-c4ccccc4)cc3)c3ccc(-c4ccccc4)cc3)cc2)c2ccc3ccccc3c2)cc1)C(C)(C)C. The normalized spacial score (nSPS) is 11.9. The molecule has 0 amide bonds. The lowest BCUT2D eigenvalue weighted by molar-refractivity contribution is 0.365. The molecule has 1 unspecified atom stereocenters. The molecule has 0 saturated heterocycles. The van der Waals surface area contributed by atoms with E-state index in [1.54, 1.807) is 0 Å². The van der Waals surface area contributed by atoms with Crippen molar-refractivity contribution in [3.05, 3.63) is 217 Å². The van der Waals surface area contributed by atoms with Crippen LogP contribution in [0.25, 0.3) is 33.0 Å². The van der Waals surface area contributed by atoms with Gasteiger partial charge in [0.2, 0.25) is 0 Å². The summed E-state index contributed by atoms with van der Waals surface area (Å²) in [5.41, 5.74) is 14.2.